The number of hydrogen-bond donors (Lipinski definition) is 2. The van der Waals surface area contributed by atoms with Gasteiger partial charge in [0.2, 0.25) is 5.91 Å². The number of nitrogens with one attached hydrogen (secondary N) is 1. The van der Waals surface area contributed by atoms with Gasteiger partial charge in [-0.25, -0.2) is 5.43 Å². The number of amides is 2. The van der Waals surface area contributed by atoms with Crippen molar-refractivity contribution in [2.45, 2.75) is 12.8 Å². The summed E-state index contributed by atoms with van der Waals surface area (Å²) in [6, 6.07) is 6.55. The first-order valence-electron chi connectivity index (χ1n) is 6.23. The lowest BCUT2D eigenvalue weighted by Gasteiger charge is -2.13. The van der Waals surface area contributed by atoms with Gasteiger partial charge in [-0.05, 0) is 12.1 Å². The number of para-hydroxylation sites is 1. The van der Waals surface area contributed by atoms with E-state index < -0.39 is 23.9 Å². The maximum absolute atomic E-state index is 12.3. The van der Waals surface area contributed by atoms with Gasteiger partial charge in [0.15, 0.2) is 5.69 Å². The van der Waals surface area contributed by atoms with E-state index in [1.807, 2.05) is 0 Å². The second-order valence-corrected chi connectivity index (χ2v) is 4.38. The van der Waals surface area contributed by atoms with Crippen molar-refractivity contribution >= 4 is 11.8 Å². The zero-order valence-corrected chi connectivity index (χ0v) is 11.5. The minimum atomic E-state index is -4.86. The molecule has 1 aromatic carbocycles. The number of nitrogens with two attached hydrogens (primary N) is 1. The quantitative estimate of drug-likeness (QED) is 0.861. The van der Waals surface area contributed by atoms with Crippen molar-refractivity contribution in [2.24, 2.45) is 5.73 Å². The number of carbonyl (C=O) groups excluding carboxylic acids is 2. The van der Waals surface area contributed by atoms with E-state index >= 15 is 0 Å². The van der Waals surface area contributed by atoms with E-state index in [0.29, 0.717) is 0 Å². The molecule has 0 saturated heterocycles. The minimum absolute atomic E-state index is 0.0459. The number of rotatable bonds is 5. The van der Waals surface area contributed by atoms with Crippen molar-refractivity contribution in [3.63, 3.8) is 0 Å². The summed E-state index contributed by atoms with van der Waals surface area (Å²) in [6.07, 6.45) is -3.96. The molecule has 2 rings (SSSR count). The van der Waals surface area contributed by atoms with Crippen LogP contribution in [0.1, 0.15) is 16.1 Å². The Hall–Kier alpha value is -3.04. The van der Waals surface area contributed by atoms with Crippen LogP contribution < -0.4 is 15.9 Å². The van der Waals surface area contributed by atoms with Gasteiger partial charge in [0, 0.05) is 11.8 Å². The highest BCUT2D eigenvalue weighted by Gasteiger charge is 2.32. The predicted octanol–water partition coefficient (Wildman–Crippen LogP) is 1.19. The van der Waals surface area contributed by atoms with Crippen LogP contribution >= 0.6 is 0 Å². The summed E-state index contributed by atoms with van der Waals surface area (Å²) in [5.41, 5.74) is 7.27. The second-order valence-electron chi connectivity index (χ2n) is 4.38. The second kappa shape index (κ2) is 6.38. The number of alkyl halides is 3. The number of ether oxygens (including phenoxy) is 1. The smallest absolute Gasteiger partial charge is 0.405 e. The van der Waals surface area contributed by atoms with Crippen LogP contribution in [0.2, 0.25) is 0 Å². The molecule has 0 radical (unpaired) electrons. The number of aromatic nitrogens is 2. The van der Waals surface area contributed by atoms with Crippen LogP contribution in [-0.4, -0.2) is 28.1 Å². The first-order valence-corrected chi connectivity index (χ1v) is 6.23. The number of benzene rings is 1. The van der Waals surface area contributed by atoms with E-state index in [1.165, 1.54) is 30.5 Å². The van der Waals surface area contributed by atoms with E-state index in [0.717, 1.165) is 10.9 Å². The van der Waals surface area contributed by atoms with Gasteiger partial charge in [-0.3, -0.25) is 9.59 Å². The summed E-state index contributed by atoms with van der Waals surface area (Å²) >= 11 is 0. The lowest BCUT2D eigenvalue weighted by molar-refractivity contribution is -0.274. The third kappa shape index (κ3) is 4.73. The van der Waals surface area contributed by atoms with Crippen molar-refractivity contribution in [1.29, 1.82) is 0 Å². The van der Waals surface area contributed by atoms with E-state index in [-0.39, 0.29) is 17.7 Å². The molecule has 1 aromatic heterocycles. The van der Waals surface area contributed by atoms with Crippen molar-refractivity contribution < 1.29 is 27.5 Å². The monoisotopic (exact) mass is 328 g/mol. The zero-order chi connectivity index (χ0) is 17.0. The molecule has 0 atom stereocenters. The molecule has 1 heterocycles. The van der Waals surface area contributed by atoms with Gasteiger partial charge < -0.3 is 10.5 Å². The van der Waals surface area contributed by atoms with Gasteiger partial charge in [-0.15, -0.1) is 18.3 Å². The first kappa shape index (κ1) is 16.3. The van der Waals surface area contributed by atoms with Gasteiger partial charge in [-0.2, -0.15) is 4.79 Å². The van der Waals surface area contributed by atoms with E-state index in [4.69, 9.17) is 5.73 Å². The molecule has 0 fully saturated rings. The highest BCUT2D eigenvalue weighted by molar-refractivity contribution is 5.91. The molecule has 0 saturated carbocycles. The third-order valence-electron chi connectivity index (χ3n) is 2.63. The van der Waals surface area contributed by atoms with Gasteiger partial charge in [0.05, 0.1) is 6.42 Å². The minimum Gasteiger partial charge on any atom is -0.405 e. The summed E-state index contributed by atoms with van der Waals surface area (Å²) in [5, 5.41) is 3.67. The Labute approximate surface area is 127 Å². The van der Waals surface area contributed by atoms with Crippen LogP contribution in [0.4, 0.5) is 13.2 Å². The molecular weight excluding hydrogens is 317 g/mol. The van der Waals surface area contributed by atoms with Crippen molar-refractivity contribution in [3.05, 3.63) is 47.8 Å². The molecule has 3 N–H and O–H groups in total. The summed E-state index contributed by atoms with van der Waals surface area (Å²) in [5.74, 6) is -1.89. The molecule has 0 aliphatic rings. The molecule has 0 bridgehead atoms. The number of primary amides is 1. The van der Waals surface area contributed by atoms with E-state index in [2.05, 4.69) is 15.3 Å². The first-order chi connectivity index (χ1) is 10.7. The summed E-state index contributed by atoms with van der Waals surface area (Å²) < 4.78 is 40.8. The molecule has 122 valence electrons. The number of nitrogens with zero attached hydrogens (tertiary/aromatic N) is 2. The molecule has 10 heteroatoms. The fourth-order valence-corrected chi connectivity index (χ4v) is 1.73. The number of carbonyl (C=O) groups is 2. The van der Waals surface area contributed by atoms with Gasteiger partial charge >= 0.3 is 6.36 Å². The Morgan fingerprint density at radius 1 is 1.26 bits per heavy atom. The summed E-state index contributed by atoms with van der Waals surface area (Å²) in [7, 11) is 0. The number of hydrogen-bond acceptors (Lipinski definition) is 4. The molecular formula is C13H11F3N4O3. The van der Waals surface area contributed by atoms with Gasteiger partial charge in [-0.1, -0.05) is 18.2 Å². The molecule has 23 heavy (non-hydrogen) atoms. The Balaban J connectivity index is 2.06. The van der Waals surface area contributed by atoms with Crippen molar-refractivity contribution in [2.75, 3.05) is 5.43 Å². The Morgan fingerprint density at radius 2 is 1.96 bits per heavy atom. The largest absolute Gasteiger partial charge is 0.573 e. The molecule has 7 nitrogen and oxygen atoms in total. The Bertz CT molecular complexity index is 727. The predicted molar refractivity (Wildman–Crippen MR) is 71.9 cm³/mol. The molecule has 2 aromatic rings. The summed E-state index contributed by atoms with van der Waals surface area (Å²) in [4.78, 5) is 23.7. The molecule has 0 aliphatic heterocycles. The van der Waals surface area contributed by atoms with Gasteiger partial charge in [0.25, 0.3) is 5.91 Å². The highest BCUT2D eigenvalue weighted by atomic mass is 19.4. The van der Waals surface area contributed by atoms with Crippen molar-refractivity contribution in [3.8, 4) is 5.75 Å². The fraction of sp³-hybridized carbons (Fsp3) is 0.154. The fourth-order valence-electron chi connectivity index (χ4n) is 1.73. The van der Waals surface area contributed by atoms with Crippen LogP contribution in [0.5, 0.6) is 5.75 Å². The molecule has 2 amide bonds. The van der Waals surface area contributed by atoms with Crippen LogP contribution in [-0.2, 0) is 11.2 Å². The Morgan fingerprint density at radius 3 is 2.57 bits per heavy atom. The SMILES string of the molecule is NC(=O)c1ccn(NC(=O)Cc2ccccc2OC(F)(F)F)n1. The lowest BCUT2D eigenvalue weighted by atomic mass is 10.1. The Kier molecular flexibility index (Phi) is 4.53. The van der Waals surface area contributed by atoms with E-state index in [9.17, 15) is 22.8 Å². The maximum Gasteiger partial charge on any atom is 0.573 e. The van der Waals surface area contributed by atoms with Crippen LogP contribution in [0, 0.1) is 0 Å². The van der Waals surface area contributed by atoms with Crippen molar-refractivity contribution in [1.82, 2.24) is 9.89 Å². The van der Waals surface area contributed by atoms with Crippen LogP contribution in [0.25, 0.3) is 0 Å². The number of halogens is 3. The normalized spacial score (nSPS) is 11.1. The summed E-state index contributed by atoms with van der Waals surface area (Å²) in [6.45, 7) is 0. The zero-order valence-electron chi connectivity index (χ0n) is 11.5. The molecule has 0 spiro atoms. The third-order valence-corrected chi connectivity index (χ3v) is 2.63. The van der Waals surface area contributed by atoms with E-state index in [1.54, 1.807) is 0 Å². The lowest BCUT2D eigenvalue weighted by Crippen LogP contribution is -2.26. The maximum atomic E-state index is 12.3. The average molecular weight is 328 g/mol. The molecule has 0 aliphatic carbocycles. The topological polar surface area (TPSA) is 99.2 Å². The standard InChI is InChI=1S/C13H11F3N4O3/c14-13(15,16)23-10-4-2-1-3-8(10)7-11(21)19-20-6-5-9(18-20)12(17)22/h1-6H,7H2,(H2,17,22)(H,19,21). The molecule has 0 unspecified atom stereocenters. The average Bonchev–Trinajstić information content (AvgIpc) is 2.88. The van der Waals surface area contributed by atoms with Crippen LogP contribution in [0.15, 0.2) is 36.5 Å². The van der Waals surface area contributed by atoms with Gasteiger partial charge in [0.1, 0.15) is 5.75 Å². The van der Waals surface area contributed by atoms with Crippen LogP contribution in [0.3, 0.4) is 0 Å². The highest BCUT2D eigenvalue weighted by Crippen LogP contribution is 2.26.